The fourth-order valence-corrected chi connectivity index (χ4v) is 2.88. The lowest BCUT2D eigenvalue weighted by atomic mass is 10.1. The molecule has 0 amide bonds. The van der Waals surface area contributed by atoms with Crippen LogP contribution in [0.5, 0.6) is 0 Å². The number of hydrogen-bond donors (Lipinski definition) is 2. The number of hydrogen-bond acceptors (Lipinski definition) is 3. The third-order valence-electron chi connectivity index (χ3n) is 2.35. The van der Waals surface area contributed by atoms with Gasteiger partial charge in [-0.1, -0.05) is 32.0 Å². The van der Waals surface area contributed by atoms with Gasteiger partial charge in [0.1, 0.15) is 0 Å². The highest BCUT2D eigenvalue weighted by atomic mass is 32.2. The van der Waals surface area contributed by atoms with E-state index < -0.39 is 16.1 Å². The van der Waals surface area contributed by atoms with Crippen LogP contribution in [0.1, 0.15) is 20.3 Å². The van der Waals surface area contributed by atoms with Gasteiger partial charge in [0.2, 0.25) is 10.0 Å². The Bertz CT molecular complexity index is 428. The largest absolute Gasteiger partial charge is 0.395 e. The van der Waals surface area contributed by atoms with Gasteiger partial charge < -0.3 is 5.11 Å². The molecule has 0 saturated carbocycles. The zero-order chi connectivity index (χ0) is 12.9. The monoisotopic (exact) mass is 257 g/mol. The molecule has 0 aliphatic carbocycles. The highest BCUT2D eigenvalue weighted by Gasteiger charge is 2.19. The van der Waals surface area contributed by atoms with Crippen molar-refractivity contribution in [3.8, 4) is 0 Å². The fourth-order valence-electron chi connectivity index (χ4n) is 1.62. The lowest BCUT2D eigenvalue weighted by Crippen LogP contribution is -2.38. The van der Waals surface area contributed by atoms with Crippen molar-refractivity contribution in [2.45, 2.75) is 31.2 Å². The van der Waals surface area contributed by atoms with Gasteiger partial charge in [0.25, 0.3) is 0 Å². The number of nitrogens with one attached hydrogen (secondary N) is 1. The molecule has 0 radical (unpaired) electrons. The van der Waals surface area contributed by atoms with Crippen molar-refractivity contribution in [3.05, 3.63) is 30.3 Å². The van der Waals surface area contributed by atoms with Crippen LogP contribution in [0, 0.1) is 5.92 Å². The molecular weight excluding hydrogens is 238 g/mol. The van der Waals surface area contributed by atoms with Gasteiger partial charge in [-0.3, -0.25) is 0 Å². The van der Waals surface area contributed by atoms with Gasteiger partial charge in [0, 0.05) is 6.04 Å². The molecule has 0 fully saturated rings. The molecule has 0 spiro atoms. The molecule has 96 valence electrons. The molecule has 17 heavy (non-hydrogen) atoms. The van der Waals surface area contributed by atoms with Crippen LogP contribution in [-0.4, -0.2) is 26.2 Å². The normalized spacial score (nSPS) is 13.9. The predicted molar refractivity (Wildman–Crippen MR) is 67.1 cm³/mol. The van der Waals surface area contributed by atoms with E-state index >= 15 is 0 Å². The van der Waals surface area contributed by atoms with Crippen molar-refractivity contribution in [2.75, 3.05) is 6.61 Å². The average Bonchev–Trinajstić information content (AvgIpc) is 2.28. The van der Waals surface area contributed by atoms with E-state index in [1.165, 1.54) is 12.1 Å². The first-order valence-electron chi connectivity index (χ1n) is 5.64. The molecule has 1 unspecified atom stereocenters. The summed E-state index contributed by atoms with van der Waals surface area (Å²) < 4.78 is 26.4. The molecule has 1 rings (SSSR count). The summed E-state index contributed by atoms with van der Waals surface area (Å²) in [5, 5.41) is 9.16. The van der Waals surface area contributed by atoms with Crippen molar-refractivity contribution in [3.63, 3.8) is 0 Å². The average molecular weight is 257 g/mol. The van der Waals surface area contributed by atoms with Crippen LogP contribution in [0.25, 0.3) is 0 Å². The van der Waals surface area contributed by atoms with Gasteiger partial charge in [0.15, 0.2) is 0 Å². The van der Waals surface area contributed by atoms with Gasteiger partial charge in [-0.2, -0.15) is 0 Å². The molecule has 0 aromatic heterocycles. The Balaban J connectivity index is 2.79. The quantitative estimate of drug-likeness (QED) is 0.809. The highest BCUT2D eigenvalue weighted by molar-refractivity contribution is 7.89. The van der Waals surface area contributed by atoms with E-state index in [1.807, 2.05) is 13.8 Å². The zero-order valence-corrected chi connectivity index (χ0v) is 10.9. The van der Waals surface area contributed by atoms with Crippen LogP contribution < -0.4 is 4.72 Å². The smallest absolute Gasteiger partial charge is 0.240 e. The molecule has 0 aliphatic heterocycles. The lowest BCUT2D eigenvalue weighted by molar-refractivity contribution is 0.240. The number of aliphatic hydroxyl groups is 1. The molecule has 0 bridgehead atoms. The summed E-state index contributed by atoms with van der Waals surface area (Å²) in [5.41, 5.74) is 0. The molecule has 1 atom stereocenters. The van der Waals surface area contributed by atoms with Gasteiger partial charge >= 0.3 is 0 Å². The molecule has 4 nitrogen and oxygen atoms in total. The summed E-state index contributed by atoms with van der Waals surface area (Å²) >= 11 is 0. The summed E-state index contributed by atoms with van der Waals surface area (Å²) in [6.45, 7) is 3.78. The van der Waals surface area contributed by atoms with Crippen LogP contribution >= 0.6 is 0 Å². The number of sulfonamides is 1. The van der Waals surface area contributed by atoms with Crippen molar-refractivity contribution in [1.29, 1.82) is 0 Å². The number of benzene rings is 1. The first-order chi connectivity index (χ1) is 7.95. The van der Waals surface area contributed by atoms with E-state index in [0.29, 0.717) is 12.3 Å². The third kappa shape index (κ3) is 4.46. The first-order valence-corrected chi connectivity index (χ1v) is 7.12. The number of aliphatic hydroxyl groups excluding tert-OH is 1. The first kappa shape index (κ1) is 14.2. The summed E-state index contributed by atoms with van der Waals surface area (Å²) in [5.74, 6) is 0.325. The lowest BCUT2D eigenvalue weighted by Gasteiger charge is -2.18. The van der Waals surface area contributed by atoms with E-state index in [9.17, 15) is 8.42 Å². The fraction of sp³-hybridized carbons (Fsp3) is 0.500. The highest BCUT2D eigenvalue weighted by Crippen LogP contribution is 2.11. The maximum absolute atomic E-state index is 12.0. The van der Waals surface area contributed by atoms with Crippen LogP contribution in [-0.2, 0) is 10.0 Å². The molecule has 5 heteroatoms. The molecule has 0 saturated heterocycles. The van der Waals surface area contributed by atoms with E-state index in [0.717, 1.165) is 0 Å². The Morgan fingerprint density at radius 2 is 1.82 bits per heavy atom. The summed E-state index contributed by atoms with van der Waals surface area (Å²) in [4.78, 5) is 0.224. The van der Waals surface area contributed by atoms with Crippen molar-refractivity contribution in [2.24, 2.45) is 5.92 Å². The minimum absolute atomic E-state index is 0.190. The second-order valence-corrected chi connectivity index (χ2v) is 6.16. The molecule has 0 heterocycles. The SMILES string of the molecule is CC(C)CC(CO)NS(=O)(=O)c1ccccc1. The van der Waals surface area contributed by atoms with Gasteiger partial charge in [-0.05, 0) is 24.5 Å². The third-order valence-corrected chi connectivity index (χ3v) is 3.89. The maximum Gasteiger partial charge on any atom is 0.240 e. The summed E-state index contributed by atoms with van der Waals surface area (Å²) in [6.07, 6.45) is 0.614. The minimum atomic E-state index is -3.53. The second kappa shape index (κ2) is 6.14. The van der Waals surface area contributed by atoms with E-state index in [2.05, 4.69) is 4.72 Å². The van der Waals surface area contributed by atoms with Crippen molar-refractivity contribution < 1.29 is 13.5 Å². The Kier molecular flexibility index (Phi) is 5.11. The Labute approximate surface area is 103 Å². The van der Waals surface area contributed by atoms with E-state index in [-0.39, 0.29) is 11.5 Å². The standard InChI is InChI=1S/C12H19NO3S/c1-10(2)8-11(9-14)13-17(15,16)12-6-4-3-5-7-12/h3-7,10-11,13-14H,8-9H2,1-2H3. The molecule has 2 N–H and O–H groups in total. The van der Waals surface area contributed by atoms with Gasteiger partial charge in [-0.25, -0.2) is 13.1 Å². The Hall–Kier alpha value is -0.910. The van der Waals surface area contributed by atoms with Crippen molar-refractivity contribution in [1.82, 2.24) is 4.72 Å². The molecule has 1 aromatic rings. The molecule has 0 aliphatic rings. The van der Waals surface area contributed by atoms with Crippen molar-refractivity contribution >= 4 is 10.0 Å². The van der Waals surface area contributed by atoms with Crippen LogP contribution in [0.4, 0.5) is 0 Å². The van der Waals surface area contributed by atoms with E-state index in [4.69, 9.17) is 5.11 Å². The summed E-state index contributed by atoms with van der Waals surface area (Å²) in [6, 6.07) is 7.74. The number of rotatable bonds is 6. The Morgan fingerprint density at radius 3 is 2.29 bits per heavy atom. The second-order valence-electron chi connectivity index (χ2n) is 4.44. The molecular formula is C12H19NO3S. The Morgan fingerprint density at radius 1 is 1.24 bits per heavy atom. The zero-order valence-electron chi connectivity index (χ0n) is 10.1. The predicted octanol–water partition coefficient (Wildman–Crippen LogP) is 1.37. The van der Waals surface area contributed by atoms with Gasteiger partial charge in [-0.15, -0.1) is 0 Å². The van der Waals surface area contributed by atoms with Crippen LogP contribution in [0.3, 0.4) is 0 Å². The van der Waals surface area contributed by atoms with E-state index in [1.54, 1.807) is 18.2 Å². The van der Waals surface area contributed by atoms with Crippen LogP contribution in [0.2, 0.25) is 0 Å². The molecule has 1 aromatic carbocycles. The summed E-state index contributed by atoms with van der Waals surface area (Å²) in [7, 11) is -3.53. The topological polar surface area (TPSA) is 66.4 Å². The van der Waals surface area contributed by atoms with Gasteiger partial charge in [0.05, 0.1) is 11.5 Å². The maximum atomic E-state index is 12.0. The van der Waals surface area contributed by atoms with Crippen LogP contribution in [0.15, 0.2) is 35.2 Å². The minimum Gasteiger partial charge on any atom is -0.395 e.